The SMILES string of the molecule is COC(=O)c1ccc(C)c(NC(=O)CN2CCc3sccc3C2C)c1. The second kappa shape index (κ2) is 7.37. The standard InChI is InChI=1S/C19H22N2O3S/c1-12-4-5-14(19(23)24-3)10-16(12)20-18(22)11-21-8-6-17-15(13(21)2)7-9-25-17/h4-5,7,9-10,13H,6,8,11H2,1-3H3,(H,20,22). The highest BCUT2D eigenvalue weighted by Gasteiger charge is 2.26. The number of methoxy groups -OCH3 is 1. The molecule has 132 valence electrons. The number of benzene rings is 1. The van der Waals surface area contributed by atoms with Gasteiger partial charge in [0.15, 0.2) is 0 Å². The summed E-state index contributed by atoms with van der Waals surface area (Å²) < 4.78 is 4.74. The summed E-state index contributed by atoms with van der Waals surface area (Å²) in [5.41, 5.74) is 3.31. The van der Waals surface area contributed by atoms with Crippen molar-refractivity contribution in [1.29, 1.82) is 0 Å². The van der Waals surface area contributed by atoms with Gasteiger partial charge in [-0.25, -0.2) is 4.79 Å². The van der Waals surface area contributed by atoms with Gasteiger partial charge < -0.3 is 10.1 Å². The van der Waals surface area contributed by atoms with E-state index < -0.39 is 5.97 Å². The number of ether oxygens (including phenoxy) is 1. The Hall–Kier alpha value is -2.18. The summed E-state index contributed by atoms with van der Waals surface area (Å²) in [5, 5.41) is 5.05. The number of thiophene rings is 1. The van der Waals surface area contributed by atoms with Crippen LogP contribution in [0.5, 0.6) is 0 Å². The van der Waals surface area contributed by atoms with Crippen molar-refractivity contribution in [2.75, 3.05) is 25.5 Å². The van der Waals surface area contributed by atoms with Crippen LogP contribution in [0.1, 0.15) is 39.3 Å². The van der Waals surface area contributed by atoms with Gasteiger partial charge in [0, 0.05) is 23.2 Å². The molecule has 25 heavy (non-hydrogen) atoms. The van der Waals surface area contributed by atoms with Gasteiger partial charge >= 0.3 is 5.97 Å². The highest BCUT2D eigenvalue weighted by atomic mass is 32.1. The molecule has 1 atom stereocenters. The molecule has 2 aromatic rings. The maximum absolute atomic E-state index is 12.5. The van der Waals surface area contributed by atoms with Crippen LogP contribution >= 0.6 is 11.3 Å². The number of rotatable bonds is 4. The molecule has 5 nitrogen and oxygen atoms in total. The lowest BCUT2D eigenvalue weighted by Gasteiger charge is -2.33. The Morgan fingerprint density at radius 1 is 1.36 bits per heavy atom. The first-order valence-electron chi connectivity index (χ1n) is 8.28. The summed E-state index contributed by atoms with van der Waals surface area (Å²) in [7, 11) is 1.34. The Kier molecular flexibility index (Phi) is 5.20. The molecule has 1 aliphatic heterocycles. The lowest BCUT2D eigenvalue weighted by Crippen LogP contribution is -2.39. The lowest BCUT2D eigenvalue weighted by atomic mass is 10.0. The average molecular weight is 358 g/mol. The number of nitrogens with zero attached hydrogens (tertiary/aromatic N) is 1. The molecule has 6 heteroatoms. The molecular formula is C19H22N2O3S. The lowest BCUT2D eigenvalue weighted by molar-refractivity contribution is -0.117. The molecule has 3 rings (SSSR count). The summed E-state index contributed by atoms with van der Waals surface area (Å²) in [4.78, 5) is 27.8. The van der Waals surface area contributed by atoms with Gasteiger partial charge in [-0.15, -0.1) is 11.3 Å². The van der Waals surface area contributed by atoms with Crippen molar-refractivity contribution < 1.29 is 14.3 Å². The number of aryl methyl sites for hydroxylation is 1. The van der Waals surface area contributed by atoms with Gasteiger partial charge in [0.1, 0.15) is 0 Å². The van der Waals surface area contributed by atoms with Gasteiger partial charge in [0.25, 0.3) is 0 Å². The number of esters is 1. The third kappa shape index (κ3) is 3.75. The number of nitrogens with one attached hydrogen (secondary N) is 1. The van der Waals surface area contributed by atoms with Crippen molar-refractivity contribution in [2.45, 2.75) is 26.3 Å². The van der Waals surface area contributed by atoms with E-state index in [-0.39, 0.29) is 11.9 Å². The van der Waals surface area contributed by atoms with Crippen molar-refractivity contribution in [2.24, 2.45) is 0 Å². The smallest absolute Gasteiger partial charge is 0.337 e. The van der Waals surface area contributed by atoms with E-state index in [9.17, 15) is 9.59 Å². The highest BCUT2D eigenvalue weighted by molar-refractivity contribution is 7.10. The van der Waals surface area contributed by atoms with Crippen LogP contribution in [0.2, 0.25) is 0 Å². The number of carbonyl (C=O) groups is 2. The number of fused-ring (bicyclic) bond motifs is 1. The van der Waals surface area contributed by atoms with Crippen LogP contribution in [0, 0.1) is 6.92 Å². The normalized spacial score (nSPS) is 17.0. The molecular weight excluding hydrogens is 336 g/mol. The Bertz CT molecular complexity index is 800. The van der Waals surface area contributed by atoms with Gasteiger partial charge in [0.05, 0.1) is 19.2 Å². The maximum atomic E-state index is 12.5. The second-order valence-electron chi connectivity index (χ2n) is 6.27. The Morgan fingerprint density at radius 3 is 2.92 bits per heavy atom. The zero-order valence-electron chi connectivity index (χ0n) is 14.7. The number of hydrogen-bond donors (Lipinski definition) is 1. The van der Waals surface area contributed by atoms with Crippen molar-refractivity contribution >= 4 is 28.9 Å². The highest BCUT2D eigenvalue weighted by Crippen LogP contribution is 2.32. The average Bonchev–Trinajstić information content (AvgIpc) is 3.08. The van der Waals surface area contributed by atoms with Crippen LogP contribution in [0.25, 0.3) is 0 Å². The van der Waals surface area contributed by atoms with Crippen LogP contribution in [0.15, 0.2) is 29.6 Å². The van der Waals surface area contributed by atoms with Crippen LogP contribution < -0.4 is 5.32 Å². The quantitative estimate of drug-likeness (QED) is 0.851. The number of carbonyl (C=O) groups excluding carboxylic acids is 2. The largest absolute Gasteiger partial charge is 0.465 e. The van der Waals surface area contributed by atoms with Gasteiger partial charge in [-0.2, -0.15) is 0 Å². The summed E-state index contributed by atoms with van der Waals surface area (Å²) in [5.74, 6) is -0.485. The van der Waals surface area contributed by atoms with E-state index in [1.807, 2.05) is 13.0 Å². The third-order valence-electron chi connectivity index (χ3n) is 4.68. The van der Waals surface area contributed by atoms with Crippen LogP contribution in [-0.4, -0.2) is 37.0 Å². The minimum absolute atomic E-state index is 0.0735. The summed E-state index contributed by atoms with van der Waals surface area (Å²) in [6, 6.07) is 7.56. The molecule has 0 radical (unpaired) electrons. The zero-order chi connectivity index (χ0) is 18.0. The van der Waals surface area contributed by atoms with Crippen molar-refractivity contribution in [3.8, 4) is 0 Å². The number of hydrogen-bond acceptors (Lipinski definition) is 5. The molecule has 0 fully saturated rings. The fourth-order valence-electron chi connectivity index (χ4n) is 3.15. The monoisotopic (exact) mass is 358 g/mol. The summed E-state index contributed by atoms with van der Waals surface area (Å²) in [6.45, 7) is 5.25. The number of anilines is 1. The maximum Gasteiger partial charge on any atom is 0.337 e. The zero-order valence-corrected chi connectivity index (χ0v) is 15.5. The van der Waals surface area contributed by atoms with Crippen LogP contribution in [0.3, 0.4) is 0 Å². The molecule has 1 aliphatic rings. The molecule has 2 heterocycles. The van der Waals surface area contributed by atoms with Crippen molar-refractivity contribution in [3.05, 3.63) is 51.2 Å². The Balaban J connectivity index is 1.68. The molecule has 1 unspecified atom stereocenters. The van der Waals surface area contributed by atoms with Gasteiger partial charge in [-0.05, 0) is 55.0 Å². The van der Waals surface area contributed by atoms with Crippen LogP contribution in [0.4, 0.5) is 5.69 Å². The molecule has 1 aromatic heterocycles. The van der Waals surface area contributed by atoms with Crippen LogP contribution in [-0.2, 0) is 16.0 Å². The molecule has 0 bridgehead atoms. The first-order valence-corrected chi connectivity index (χ1v) is 9.16. The molecule has 0 spiro atoms. The van der Waals surface area contributed by atoms with Crippen molar-refractivity contribution in [3.63, 3.8) is 0 Å². The fourth-order valence-corrected chi connectivity index (χ4v) is 4.12. The predicted octanol–water partition coefficient (Wildman–Crippen LogP) is 3.40. The topological polar surface area (TPSA) is 58.6 Å². The summed E-state index contributed by atoms with van der Waals surface area (Å²) in [6.07, 6.45) is 0.988. The van der Waals surface area contributed by atoms with E-state index in [1.54, 1.807) is 23.5 Å². The van der Waals surface area contributed by atoms with E-state index in [0.717, 1.165) is 18.5 Å². The van der Waals surface area contributed by atoms with Gasteiger partial charge in [-0.3, -0.25) is 9.69 Å². The third-order valence-corrected chi connectivity index (χ3v) is 5.68. The first kappa shape index (κ1) is 17.6. The minimum atomic E-state index is -0.412. The molecule has 0 saturated heterocycles. The molecule has 1 amide bonds. The second-order valence-corrected chi connectivity index (χ2v) is 7.27. The first-order chi connectivity index (χ1) is 12.0. The number of amides is 1. The summed E-state index contributed by atoms with van der Waals surface area (Å²) >= 11 is 1.79. The van der Waals surface area contributed by atoms with Crippen molar-refractivity contribution in [1.82, 2.24) is 4.90 Å². The van der Waals surface area contributed by atoms with E-state index in [1.165, 1.54) is 17.6 Å². The van der Waals surface area contributed by atoms with E-state index >= 15 is 0 Å². The van der Waals surface area contributed by atoms with Gasteiger partial charge in [0.2, 0.25) is 5.91 Å². The van der Waals surface area contributed by atoms with E-state index in [0.29, 0.717) is 17.8 Å². The fraction of sp³-hybridized carbons (Fsp3) is 0.368. The Morgan fingerprint density at radius 2 is 2.16 bits per heavy atom. The molecule has 1 aromatic carbocycles. The van der Waals surface area contributed by atoms with Gasteiger partial charge in [-0.1, -0.05) is 6.07 Å². The molecule has 0 aliphatic carbocycles. The van der Waals surface area contributed by atoms with E-state index in [4.69, 9.17) is 4.74 Å². The molecule has 0 saturated carbocycles. The predicted molar refractivity (Wildman–Crippen MR) is 99.2 cm³/mol. The van der Waals surface area contributed by atoms with E-state index in [2.05, 4.69) is 28.6 Å². The molecule has 1 N–H and O–H groups in total. The minimum Gasteiger partial charge on any atom is -0.465 e. The Labute approximate surface area is 151 Å².